The van der Waals surface area contributed by atoms with Crippen molar-refractivity contribution in [2.45, 2.75) is 0 Å². The average Bonchev–Trinajstić information content (AvgIpc) is 3.17. The molecule has 0 aliphatic heterocycles. The molecule has 1 aromatic carbocycles. The van der Waals surface area contributed by atoms with Crippen molar-refractivity contribution in [1.82, 2.24) is 4.98 Å². The number of benzene rings is 1. The fourth-order valence-electron chi connectivity index (χ4n) is 1.81. The summed E-state index contributed by atoms with van der Waals surface area (Å²) >= 11 is 2.99. The van der Waals surface area contributed by atoms with Crippen molar-refractivity contribution in [3.05, 3.63) is 62.9 Å². The van der Waals surface area contributed by atoms with E-state index in [1.165, 1.54) is 23.5 Å². The van der Waals surface area contributed by atoms with Gasteiger partial charge >= 0.3 is 0 Å². The van der Waals surface area contributed by atoms with Crippen molar-refractivity contribution in [3.63, 3.8) is 0 Å². The molecule has 102 valence electrons. The number of rotatable bonds is 3. The van der Waals surface area contributed by atoms with Crippen LogP contribution in [0.1, 0.15) is 9.88 Å². The van der Waals surface area contributed by atoms with Crippen LogP contribution in [0.4, 0.5) is 4.39 Å². The maximum atomic E-state index is 12.9. The molecular weight excluding hydrogens is 303 g/mol. The van der Waals surface area contributed by atoms with E-state index < -0.39 is 0 Å². The minimum Gasteiger partial charge on any atom is -0.235 e. The molecule has 0 amide bonds. The fourth-order valence-corrected chi connectivity index (χ4v) is 3.26. The van der Waals surface area contributed by atoms with Crippen LogP contribution in [0.2, 0.25) is 0 Å². The van der Waals surface area contributed by atoms with Gasteiger partial charge in [-0.2, -0.15) is 5.26 Å². The van der Waals surface area contributed by atoms with Crippen molar-refractivity contribution in [3.8, 4) is 17.3 Å². The SMILES string of the molecule is N#CC(=Cc1cccs1)c1nc(-c2ccc(F)cc2)cs1. The predicted molar refractivity (Wildman–Crippen MR) is 85.3 cm³/mol. The topological polar surface area (TPSA) is 36.7 Å². The molecule has 2 aromatic heterocycles. The van der Waals surface area contributed by atoms with E-state index in [4.69, 9.17) is 0 Å². The maximum Gasteiger partial charge on any atom is 0.134 e. The van der Waals surface area contributed by atoms with Gasteiger partial charge in [-0.3, -0.25) is 0 Å². The number of hydrogen-bond acceptors (Lipinski definition) is 4. The summed E-state index contributed by atoms with van der Waals surface area (Å²) in [5.74, 6) is -0.274. The van der Waals surface area contributed by atoms with Crippen LogP contribution in [0.15, 0.2) is 47.2 Å². The van der Waals surface area contributed by atoms with E-state index in [2.05, 4.69) is 11.1 Å². The average molecular weight is 312 g/mol. The lowest BCUT2D eigenvalue weighted by molar-refractivity contribution is 0.628. The molecule has 0 N–H and O–H groups in total. The number of thiazole rings is 1. The zero-order chi connectivity index (χ0) is 14.7. The highest BCUT2D eigenvalue weighted by molar-refractivity contribution is 7.12. The zero-order valence-corrected chi connectivity index (χ0v) is 12.4. The van der Waals surface area contributed by atoms with Gasteiger partial charge in [0.1, 0.15) is 16.9 Å². The summed E-state index contributed by atoms with van der Waals surface area (Å²) in [6.45, 7) is 0. The summed E-state index contributed by atoms with van der Waals surface area (Å²) in [5, 5.41) is 13.8. The third-order valence-electron chi connectivity index (χ3n) is 2.82. The second-order valence-electron chi connectivity index (χ2n) is 4.23. The summed E-state index contributed by atoms with van der Waals surface area (Å²) < 4.78 is 12.9. The molecule has 3 rings (SSSR count). The Balaban J connectivity index is 1.94. The van der Waals surface area contributed by atoms with Crippen molar-refractivity contribution < 1.29 is 4.39 Å². The van der Waals surface area contributed by atoms with E-state index in [1.54, 1.807) is 23.5 Å². The van der Waals surface area contributed by atoms with Gasteiger partial charge < -0.3 is 0 Å². The molecule has 2 heterocycles. The van der Waals surface area contributed by atoms with Crippen LogP contribution in [0.5, 0.6) is 0 Å². The Labute approximate surface area is 129 Å². The van der Waals surface area contributed by atoms with Crippen LogP contribution >= 0.6 is 22.7 Å². The molecule has 0 spiro atoms. The number of aromatic nitrogens is 1. The van der Waals surface area contributed by atoms with Crippen molar-refractivity contribution in [1.29, 1.82) is 5.26 Å². The third-order valence-corrected chi connectivity index (χ3v) is 4.52. The minimum absolute atomic E-state index is 0.274. The maximum absolute atomic E-state index is 12.9. The lowest BCUT2D eigenvalue weighted by Gasteiger charge is -1.96. The van der Waals surface area contributed by atoms with E-state index in [0.717, 1.165) is 16.1 Å². The molecule has 3 aromatic rings. The number of thiophene rings is 1. The smallest absolute Gasteiger partial charge is 0.134 e. The molecule has 5 heteroatoms. The minimum atomic E-state index is -0.274. The van der Waals surface area contributed by atoms with Gasteiger partial charge in [0.2, 0.25) is 0 Å². The van der Waals surface area contributed by atoms with E-state index in [-0.39, 0.29) is 5.82 Å². The lowest BCUT2D eigenvalue weighted by atomic mass is 10.2. The quantitative estimate of drug-likeness (QED) is 0.633. The highest BCUT2D eigenvalue weighted by Crippen LogP contribution is 2.27. The molecule has 2 nitrogen and oxygen atoms in total. The first kappa shape index (κ1) is 13.7. The van der Waals surface area contributed by atoms with E-state index in [0.29, 0.717) is 10.6 Å². The zero-order valence-electron chi connectivity index (χ0n) is 10.8. The van der Waals surface area contributed by atoms with Crippen LogP contribution in [0, 0.1) is 17.1 Å². The van der Waals surface area contributed by atoms with Crippen LogP contribution in [-0.4, -0.2) is 4.98 Å². The van der Waals surface area contributed by atoms with E-state index in [1.807, 2.05) is 29.0 Å². The lowest BCUT2D eigenvalue weighted by Crippen LogP contribution is -1.82. The number of hydrogen-bond donors (Lipinski definition) is 0. The van der Waals surface area contributed by atoms with Crippen LogP contribution in [0.3, 0.4) is 0 Å². The van der Waals surface area contributed by atoms with Crippen molar-refractivity contribution >= 4 is 34.3 Å². The molecule has 0 bridgehead atoms. The Bertz CT molecular complexity index is 809. The third kappa shape index (κ3) is 3.07. The highest BCUT2D eigenvalue weighted by atomic mass is 32.1. The molecule has 0 aliphatic rings. The van der Waals surface area contributed by atoms with Gasteiger partial charge in [0, 0.05) is 15.8 Å². The highest BCUT2D eigenvalue weighted by Gasteiger charge is 2.09. The standard InChI is InChI=1S/C16H9FN2S2/c17-13-5-3-11(4-6-13)15-10-21-16(19-15)12(9-18)8-14-2-1-7-20-14/h1-8,10H. The van der Waals surface area contributed by atoms with Gasteiger partial charge in [-0.15, -0.1) is 22.7 Å². The summed E-state index contributed by atoms with van der Waals surface area (Å²) in [7, 11) is 0. The van der Waals surface area contributed by atoms with Gasteiger partial charge in [-0.05, 0) is 41.8 Å². The molecule has 0 aliphatic carbocycles. The number of allylic oxidation sites excluding steroid dienone is 1. The molecule has 0 unspecified atom stereocenters. The van der Waals surface area contributed by atoms with Gasteiger partial charge in [0.15, 0.2) is 0 Å². The van der Waals surface area contributed by atoms with Gasteiger partial charge in [-0.25, -0.2) is 9.37 Å². The van der Waals surface area contributed by atoms with Gasteiger partial charge in [0.25, 0.3) is 0 Å². The molecule has 0 radical (unpaired) electrons. The number of nitrogens with zero attached hydrogens (tertiary/aromatic N) is 2. The first-order valence-electron chi connectivity index (χ1n) is 6.13. The Morgan fingerprint density at radius 2 is 2.00 bits per heavy atom. The molecular formula is C16H9FN2S2. The second-order valence-corrected chi connectivity index (χ2v) is 6.07. The van der Waals surface area contributed by atoms with Crippen LogP contribution in [-0.2, 0) is 0 Å². The Kier molecular flexibility index (Phi) is 3.91. The van der Waals surface area contributed by atoms with Crippen LogP contribution < -0.4 is 0 Å². The largest absolute Gasteiger partial charge is 0.235 e. The number of halogens is 1. The molecule has 21 heavy (non-hydrogen) atoms. The van der Waals surface area contributed by atoms with Crippen molar-refractivity contribution in [2.24, 2.45) is 0 Å². The fraction of sp³-hybridized carbons (Fsp3) is 0. The van der Waals surface area contributed by atoms with Gasteiger partial charge in [-0.1, -0.05) is 6.07 Å². The second kappa shape index (κ2) is 6.00. The summed E-state index contributed by atoms with van der Waals surface area (Å²) in [4.78, 5) is 5.49. The Morgan fingerprint density at radius 1 is 1.19 bits per heavy atom. The monoisotopic (exact) mass is 312 g/mol. The van der Waals surface area contributed by atoms with Gasteiger partial charge in [0.05, 0.1) is 11.3 Å². The summed E-state index contributed by atoms with van der Waals surface area (Å²) in [6.07, 6.45) is 1.83. The molecule has 0 saturated carbocycles. The molecule has 0 saturated heterocycles. The van der Waals surface area contributed by atoms with Crippen molar-refractivity contribution in [2.75, 3.05) is 0 Å². The number of nitriles is 1. The van der Waals surface area contributed by atoms with Crippen LogP contribution in [0.25, 0.3) is 22.9 Å². The normalized spacial score (nSPS) is 11.3. The Morgan fingerprint density at radius 3 is 2.67 bits per heavy atom. The summed E-state index contributed by atoms with van der Waals surface area (Å²) in [6, 6.07) is 12.3. The van der Waals surface area contributed by atoms with E-state index in [9.17, 15) is 9.65 Å². The molecule has 0 fully saturated rings. The summed E-state index contributed by atoms with van der Waals surface area (Å²) in [5.41, 5.74) is 2.13. The predicted octanol–water partition coefficient (Wildman–Crippen LogP) is 5.07. The first-order chi connectivity index (χ1) is 10.3. The molecule has 0 atom stereocenters. The first-order valence-corrected chi connectivity index (χ1v) is 7.89. The Hall–Kier alpha value is -2.29. The van der Waals surface area contributed by atoms with E-state index >= 15 is 0 Å².